The highest BCUT2D eigenvalue weighted by Gasteiger charge is 2.39. The Morgan fingerprint density at radius 3 is 2.41 bits per heavy atom. The second kappa shape index (κ2) is 10.7. The predicted octanol–water partition coefficient (Wildman–Crippen LogP) is 6.77. The molecule has 2 aromatic carbocycles. The zero-order valence-corrected chi connectivity index (χ0v) is 24.3. The van der Waals surface area contributed by atoms with Gasteiger partial charge in [0.15, 0.2) is 5.75 Å². The number of rotatable bonds is 5. The van der Waals surface area contributed by atoms with E-state index in [9.17, 15) is 9.59 Å². The van der Waals surface area contributed by atoms with Gasteiger partial charge in [0, 0.05) is 42.4 Å². The Kier molecular flexibility index (Phi) is 7.09. The monoisotopic (exact) mass is 554 g/mol. The van der Waals surface area contributed by atoms with Crippen LogP contribution in [0.2, 0.25) is 0 Å². The van der Waals surface area contributed by atoms with E-state index in [2.05, 4.69) is 19.1 Å². The lowest BCUT2D eigenvalue weighted by Gasteiger charge is -2.36. The number of anilines is 1. The number of benzene rings is 2. The van der Waals surface area contributed by atoms with Gasteiger partial charge in [-0.05, 0) is 89.6 Å². The Hall–Kier alpha value is -4.07. The number of aromatic nitrogens is 2. The van der Waals surface area contributed by atoms with Gasteiger partial charge in [0.05, 0.1) is 11.9 Å². The number of hydrogen-bond donors (Lipinski definition) is 0. The Bertz CT molecular complexity index is 1480. The summed E-state index contributed by atoms with van der Waals surface area (Å²) in [6, 6.07) is 14.0. The van der Waals surface area contributed by atoms with E-state index >= 15 is 0 Å². The van der Waals surface area contributed by atoms with Crippen LogP contribution < -0.4 is 9.64 Å². The number of fused-ring (bicyclic) bond motifs is 1. The van der Waals surface area contributed by atoms with Crippen LogP contribution in [0.5, 0.6) is 11.5 Å². The first-order valence-corrected chi connectivity index (χ1v) is 14.6. The summed E-state index contributed by atoms with van der Waals surface area (Å²) >= 11 is 0. The highest BCUT2D eigenvalue weighted by molar-refractivity contribution is 5.98. The van der Waals surface area contributed by atoms with Gasteiger partial charge in [0.1, 0.15) is 17.0 Å². The lowest BCUT2D eigenvalue weighted by molar-refractivity contribution is -0.120. The van der Waals surface area contributed by atoms with Crippen LogP contribution in [0.15, 0.2) is 60.9 Å². The van der Waals surface area contributed by atoms with Crippen LogP contribution in [0.4, 0.5) is 10.5 Å². The van der Waals surface area contributed by atoms with E-state index in [1.165, 1.54) is 0 Å². The van der Waals surface area contributed by atoms with Gasteiger partial charge in [0.2, 0.25) is 5.91 Å². The number of carbonyl (C=O) groups excluding carboxylic acids is 2. The summed E-state index contributed by atoms with van der Waals surface area (Å²) in [5.74, 6) is 1.84. The summed E-state index contributed by atoms with van der Waals surface area (Å²) in [5, 5.41) is 4.73. The number of nitrogens with zero attached hydrogens (tertiary/aromatic N) is 4. The SMILES string of the molecule is CC1CCc2c(ccc(-n3cc(C4=CCN(C(=O)OC(C)(C)C)CC4)cn3)c2Oc2ccccc2)N1C(=O)C1CC1. The second-order valence-electron chi connectivity index (χ2n) is 12.3. The first-order chi connectivity index (χ1) is 19.7. The maximum Gasteiger partial charge on any atom is 0.410 e. The largest absolute Gasteiger partial charge is 0.455 e. The van der Waals surface area contributed by atoms with E-state index in [1.807, 2.05) is 79.1 Å². The fraction of sp³-hybridized carbons (Fsp3) is 0.424. The van der Waals surface area contributed by atoms with Gasteiger partial charge in [-0.3, -0.25) is 4.79 Å². The molecular weight excluding hydrogens is 516 g/mol. The van der Waals surface area contributed by atoms with Crippen molar-refractivity contribution in [3.63, 3.8) is 0 Å². The summed E-state index contributed by atoms with van der Waals surface area (Å²) in [4.78, 5) is 29.5. The quantitative estimate of drug-likeness (QED) is 0.348. The van der Waals surface area contributed by atoms with E-state index in [0.29, 0.717) is 13.1 Å². The number of para-hydroxylation sites is 1. The van der Waals surface area contributed by atoms with Crippen molar-refractivity contribution in [3.8, 4) is 17.2 Å². The Labute approximate surface area is 241 Å². The molecule has 41 heavy (non-hydrogen) atoms. The van der Waals surface area contributed by atoms with Crippen LogP contribution in [-0.2, 0) is 16.0 Å². The van der Waals surface area contributed by atoms with Gasteiger partial charge in [-0.25, -0.2) is 9.48 Å². The standard InChI is InChI=1S/C33H38N4O4/c1-22-10-13-27-28(37(22)31(38)24-11-12-24)14-15-29(30(27)40-26-8-6-5-7-9-26)36-21-25(20-34-36)23-16-18-35(19-17-23)32(39)41-33(2,3)4/h5-9,14-16,20-22,24H,10-13,17-19H2,1-4H3. The number of amides is 2. The molecule has 1 saturated carbocycles. The lowest BCUT2D eigenvalue weighted by Crippen LogP contribution is -2.43. The molecule has 1 unspecified atom stereocenters. The molecule has 0 spiro atoms. The topological polar surface area (TPSA) is 76.9 Å². The molecule has 2 amide bonds. The van der Waals surface area contributed by atoms with Gasteiger partial charge in [-0.15, -0.1) is 0 Å². The molecule has 0 saturated heterocycles. The summed E-state index contributed by atoms with van der Waals surface area (Å²) < 4.78 is 14.0. The van der Waals surface area contributed by atoms with Crippen molar-refractivity contribution >= 4 is 23.3 Å². The maximum absolute atomic E-state index is 13.3. The van der Waals surface area contributed by atoms with Crippen molar-refractivity contribution in [2.75, 3.05) is 18.0 Å². The van der Waals surface area contributed by atoms with Crippen molar-refractivity contribution in [1.29, 1.82) is 0 Å². The molecule has 0 radical (unpaired) electrons. The van der Waals surface area contributed by atoms with E-state index in [0.717, 1.165) is 71.7 Å². The molecule has 0 bridgehead atoms. The molecule has 8 heteroatoms. The molecule has 3 aliphatic rings. The minimum Gasteiger partial charge on any atom is -0.455 e. The maximum atomic E-state index is 13.3. The van der Waals surface area contributed by atoms with Crippen LogP contribution in [-0.4, -0.2) is 51.4 Å². The average molecular weight is 555 g/mol. The van der Waals surface area contributed by atoms with E-state index < -0.39 is 5.60 Å². The summed E-state index contributed by atoms with van der Waals surface area (Å²) in [6.45, 7) is 8.87. The van der Waals surface area contributed by atoms with Crippen LogP contribution in [0.3, 0.4) is 0 Å². The molecule has 1 aromatic heterocycles. The molecule has 0 N–H and O–H groups in total. The van der Waals surface area contributed by atoms with E-state index in [4.69, 9.17) is 14.6 Å². The second-order valence-corrected chi connectivity index (χ2v) is 12.3. The predicted molar refractivity (Wildman–Crippen MR) is 158 cm³/mol. The van der Waals surface area contributed by atoms with Crippen molar-refractivity contribution in [2.24, 2.45) is 5.92 Å². The van der Waals surface area contributed by atoms with Crippen molar-refractivity contribution < 1.29 is 19.1 Å². The molecule has 1 fully saturated rings. The van der Waals surface area contributed by atoms with Gasteiger partial charge in [0.25, 0.3) is 0 Å². The van der Waals surface area contributed by atoms with Crippen LogP contribution in [0, 0.1) is 5.92 Å². The average Bonchev–Trinajstić information content (AvgIpc) is 3.69. The lowest BCUT2D eigenvalue weighted by atomic mass is 9.94. The minimum atomic E-state index is -0.517. The number of hydrogen-bond acceptors (Lipinski definition) is 5. The van der Waals surface area contributed by atoms with Crippen LogP contribution >= 0.6 is 0 Å². The third-order valence-corrected chi connectivity index (χ3v) is 7.92. The number of carbonyl (C=O) groups is 2. The minimum absolute atomic E-state index is 0.144. The first kappa shape index (κ1) is 27.1. The molecule has 2 aliphatic heterocycles. The Morgan fingerprint density at radius 2 is 1.73 bits per heavy atom. The van der Waals surface area contributed by atoms with Gasteiger partial charge in [-0.2, -0.15) is 5.10 Å². The van der Waals surface area contributed by atoms with Crippen molar-refractivity contribution in [3.05, 3.63) is 72.1 Å². The molecule has 214 valence electrons. The fourth-order valence-electron chi connectivity index (χ4n) is 5.60. The summed E-state index contributed by atoms with van der Waals surface area (Å²) in [6.07, 6.45) is 10.0. The third kappa shape index (κ3) is 5.73. The normalized spacial score (nSPS) is 18.9. The first-order valence-electron chi connectivity index (χ1n) is 14.6. The highest BCUT2D eigenvalue weighted by Crippen LogP contribution is 2.44. The zero-order chi connectivity index (χ0) is 28.7. The van der Waals surface area contributed by atoms with Crippen LogP contribution in [0.1, 0.15) is 64.5 Å². The summed E-state index contributed by atoms with van der Waals surface area (Å²) in [5.41, 5.74) is 4.46. The molecule has 6 rings (SSSR count). The third-order valence-electron chi connectivity index (χ3n) is 7.92. The Balaban J connectivity index is 1.32. The molecule has 3 heterocycles. The fourth-order valence-corrected chi connectivity index (χ4v) is 5.60. The zero-order valence-electron chi connectivity index (χ0n) is 24.3. The van der Waals surface area contributed by atoms with Crippen molar-refractivity contribution in [2.45, 2.75) is 71.4 Å². The molecular formula is C33H38N4O4. The smallest absolute Gasteiger partial charge is 0.410 e. The van der Waals surface area contributed by atoms with E-state index in [-0.39, 0.29) is 24.0 Å². The molecule has 1 atom stereocenters. The van der Waals surface area contributed by atoms with Crippen molar-refractivity contribution in [1.82, 2.24) is 14.7 Å². The summed E-state index contributed by atoms with van der Waals surface area (Å²) in [7, 11) is 0. The van der Waals surface area contributed by atoms with Gasteiger partial charge >= 0.3 is 6.09 Å². The highest BCUT2D eigenvalue weighted by atomic mass is 16.6. The van der Waals surface area contributed by atoms with Gasteiger partial charge in [-0.1, -0.05) is 24.3 Å². The molecule has 8 nitrogen and oxygen atoms in total. The molecule has 1 aliphatic carbocycles. The number of ether oxygens (including phenoxy) is 2. The molecule has 3 aromatic rings. The van der Waals surface area contributed by atoms with Crippen LogP contribution in [0.25, 0.3) is 11.3 Å². The van der Waals surface area contributed by atoms with E-state index in [1.54, 1.807) is 4.90 Å². The Morgan fingerprint density at radius 1 is 0.976 bits per heavy atom. The van der Waals surface area contributed by atoms with Gasteiger partial charge < -0.3 is 19.3 Å².